The summed E-state index contributed by atoms with van der Waals surface area (Å²) in [5, 5.41) is 0.720. The van der Waals surface area contributed by atoms with Crippen molar-refractivity contribution in [3.63, 3.8) is 0 Å². The lowest BCUT2D eigenvalue weighted by molar-refractivity contribution is 0.379. The van der Waals surface area contributed by atoms with E-state index in [4.69, 9.17) is 26.8 Å². The summed E-state index contributed by atoms with van der Waals surface area (Å²) >= 11 is 5.89. The SMILES string of the molecule is COc1cccc(OC)c1C(N)Cc1ccc(Cl)cc1. The van der Waals surface area contributed by atoms with Crippen molar-refractivity contribution in [3.8, 4) is 11.5 Å². The molecule has 1 unspecified atom stereocenters. The standard InChI is InChI=1S/C16H18ClNO2/c1-19-14-4-3-5-15(20-2)16(14)13(18)10-11-6-8-12(17)9-7-11/h3-9,13H,10,18H2,1-2H3. The van der Waals surface area contributed by atoms with E-state index in [1.165, 1.54) is 0 Å². The van der Waals surface area contributed by atoms with Crippen LogP contribution in [0.2, 0.25) is 5.02 Å². The van der Waals surface area contributed by atoms with Gasteiger partial charge in [0, 0.05) is 11.1 Å². The minimum Gasteiger partial charge on any atom is -0.496 e. The van der Waals surface area contributed by atoms with Gasteiger partial charge in [0.2, 0.25) is 0 Å². The predicted octanol–water partition coefficient (Wildman–Crippen LogP) is 3.60. The van der Waals surface area contributed by atoms with Crippen molar-refractivity contribution in [1.82, 2.24) is 0 Å². The Balaban J connectivity index is 2.28. The maximum atomic E-state index is 6.32. The van der Waals surface area contributed by atoms with E-state index in [2.05, 4.69) is 0 Å². The zero-order chi connectivity index (χ0) is 14.5. The van der Waals surface area contributed by atoms with Crippen LogP contribution in [0.3, 0.4) is 0 Å². The fraction of sp³-hybridized carbons (Fsp3) is 0.250. The van der Waals surface area contributed by atoms with Crippen LogP contribution in [-0.2, 0) is 6.42 Å². The monoisotopic (exact) mass is 291 g/mol. The molecule has 0 spiro atoms. The number of ether oxygens (including phenoxy) is 2. The lowest BCUT2D eigenvalue weighted by Crippen LogP contribution is -2.15. The Bertz CT molecular complexity index is 547. The van der Waals surface area contributed by atoms with Gasteiger partial charge >= 0.3 is 0 Å². The summed E-state index contributed by atoms with van der Waals surface area (Å²) in [4.78, 5) is 0. The molecule has 0 saturated heterocycles. The number of methoxy groups -OCH3 is 2. The third kappa shape index (κ3) is 3.24. The molecule has 0 aliphatic heterocycles. The molecule has 0 saturated carbocycles. The molecule has 0 aromatic heterocycles. The zero-order valence-electron chi connectivity index (χ0n) is 11.6. The first-order valence-electron chi connectivity index (χ1n) is 6.36. The summed E-state index contributed by atoms with van der Waals surface area (Å²) in [5.74, 6) is 1.48. The molecular formula is C16H18ClNO2. The average Bonchev–Trinajstić information content (AvgIpc) is 2.48. The van der Waals surface area contributed by atoms with Gasteiger partial charge in [0.15, 0.2) is 0 Å². The highest BCUT2D eigenvalue weighted by molar-refractivity contribution is 6.30. The van der Waals surface area contributed by atoms with Gasteiger partial charge < -0.3 is 15.2 Å². The summed E-state index contributed by atoms with van der Waals surface area (Å²) < 4.78 is 10.8. The molecule has 1 atom stereocenters. The summed E-state index contributed by atoms with van der Waals surface area (Å²) in [6.45, 7) is 0. The first kappa shape index (κ1) is 14.7. The number of benzene rings is 2. The number of rotatable bonds is 5. The van der Waals surface area contributed by atoms with Gasteiger partial charge in [-0.1, -0.05) is 29.8 Å². The molecule has 0 aliphatic rings. The Kier molecular flexibility index (Phi) is 4.88. The normalized spacial score (nSPS) is 12.0. The molecule has 3 nitrogen and oxygen atoms in total. The van der Waals surface area contributed by atoms with Gasteiger partial charge in [-0.15, -0.1) is 0 Å². The molecule has 2 N–H and O–H groups in total. The average molecular weight is 292 g/mol. The fourth-order valence-corrected chi connectivity index (χ4v) is 2.35. The molecule has 0 radical (unpaired) electrons. The minimum atomic E-state index is -0.206. The first-order chi connectivity index (χ1) is 9.65. The Morgan fingerprint density at radius 3 is 2.05 bits per heavy atom. The summed E-state index contributed by atoms with van der Waals surface area (Å²) in [6.07, 6.45) is 0.688. The minimum absolute atomic E-state index is 0.206. The van der Waals surface area contributed by atoms with Crippen LogP contribution >= 0.6 is 11.6 Å². The second kappa shape index (κ2) is 6.64. The highest BCUT2D eigenvalue weighted by Gasteiger charge is 2.17. The van der Waals surface area contributed by atoms with Crippen molar-refractivity contribution in [1.29, 1.82) is 0 Å². The van der Waals surface area contributed by atoms with E-state index >= 15 is 0 Å². The molecule has 0 bridgehead atoms. The smallest absolute Gasteiger partial charge is 0.127 e. The molecule has 0 fully saturated rings. The second-order valence-electron chi connectivity index (χ2n) is 4.51. The highest BCUT2D eigenvalue weighted by Crippen LogP contribution is 2.34. The van der Waals surface area contributed by atoms with Crippen molar-refractivity contribution in [2.75, 3.05) is 14.2 Å². The number of halogens is 1. The van der Waals surface area contributed by atoms with E-state index in [9.17, 15) is 0 Å². The van der Waals surface area contributed by atoms with Crippen LogP contribution in [0.1, 0.15) is 17.2 Å². The maximum absolute atomic E-state index is 6.32. The largest absolute Gasteiger partial charge is 0.496 e. The maximum Gasteiger partial charge on any atom is 0.127 e. The number of nitrogens with two attached hydrogens (primary N) is 1. The molecule has 2 aromatic carbocycles. The van der Waals surface area contributed by atoms with Crippen molar-refractivity contribution in [2.24, 2.45) is 5.73 Å². The van der Waals surface area contributed by atoms with Gasteiger partial charge in [-0.3, -0.25) is 0 Å². The fourth-order valence-electron chi connectivity index (χ4n) is 2.22. The van der Waals surface area contributed by atoms with Gasteiger partial charge in [0.05, 0.1) is 19.8 Å². The van der Waals surface area contributed by atoms with Crippen LogP contribution in [0.25, 0.3) is 0 Å². The molecule has 106 valence electrons. The predicted molar refractivity (Wildman–Crippen MR) is 81.6 cm³/mol. The quantitative estimate of drug-likeness (QED) is 0.915. The van der Waals surface area contributed by atoms with E-state index in [0.717, 1.165) is 27.6 Å². The van der Waals surface area contributed by atoms with Gasteiger partial charge in [-0.2, -0.15) is 0 Å². The molecule has 20 heavy (non-hydrogen) atoms. The molecular weight excluding hydrogens is 274 g/mol. The Labute approximate surface area is 124 Å². The zero-order valence-corrected chi connectivity index (χ0v) is 12.4. The third-order valence-corrected chi connectivity index (χ3v) is 3.46. The van der Waals surface area contributed by atoms with Crippen molar-refractivity contribution in [3.05, 3.63) is 58.6 Å². The molecule has 0 heterocycles. The van der Waals surface area contributed by atoms with Crippen LogP contribution in [0, 0.1) is 0 Å². The number of hydrogen-bond donors (Lipinski definition) is 1. The first-order valence-corrected chi connectivity index (χ1v) is 6.74. The van der Waals surface area contributed by atoms with Gasteiger partial charge in [-0.05, 0) is 36.2 Å². The van der Waals surface area contributed by atoms with Crippen molar-refractivity contribution >= 4 is 11.6 Å². The van der Waals surface area contributed by atoms with Gasteiger partial charge in [0.1, 0.15) is 11.5 Å². The molecule has 2 rings (SSSR count). The van der Waals surface area contributed by atoms with Crippen LogP contribution < -0.4 is 15.2 Å². The van der Waals surface area contributed by atoms with E-state index in [1.807, 2.05) is 42.5 Å². The Morgan fingerprint density at radius 2 is 1.55 bits per heavy atom. The summed E-state index contributed by atoms with van der Waals surface area (Å²) in [6, 6.07) is 13.1. The third-order valence-electron chi connectivity index (χ3n) is 3.21. The lowest BCUT2D eigenvalue weighted by atomic mass is 9.98. The van der Waals surface area contributed by atoms with E-state index in [1.54, 1.807) is 14.2 Å². The van der Waals surface area contributed by atoms with Crippen LogP contribution in [0.15, 0.2) is 42.5 Å². The molecule has 0 aliphatic carbocycles. The second-order valence-corrected chi connectivity index (χ2v) is 4.95. The van der Waals surface area contributed by atoms with Crippen LogP contribution in [-0.4, -0.2) is 14.2 Å². The topological polar surface area (TPSA) is 44.5 Å². The molecule has 4 heteroatoms. The molecule has 0 amide bonds. The van der Waals surface area contributed by atoms with Gasteiger partial charge in [0.25, 0.3) is 0 Å². The highest BCUT2D eigenvalue weighted by atomic mass is 35.5. The van der Waals surface area contributed by atoms with Crippen molar-refractivity contribution in [2.45, 2.75) is 12.5 Å². The van der Waals surface area contributed by atoms with Gasteiger partial charge in [-0.25, -0.2) is 0 Å². The van der Waals surface area contributed by atoms with E-state index in [-0.39, 0.29) is 6.04 Å². The Morgan fingerprint density at radius 1 is 1.00 bits per heavy atom. The van der Waals surface area contributed by atoms with E-state index < -0.39 is 0 Å². The number of hydrogen-bond acceptors (Lipinski definition) is 3. The van der Waals surface area contributed by atoms with E-state index in [0.29, 0.717) is 6.42 Å². The summed E-state index contributed by atoms with van der Waals surface area (Å²) in [7, 11) is 3.26. The van der Waals surface area contributed by atoms with Crippen LogP contribution in [0.4, 0.5) is 0 Å². The van der Waals surface area contributed by atoms with Crippen LogP contribution in [0.5, 0.6) is 11.5 Å². The molecule has 2 aromatic rings. The van der Waals surface area contributed by atoms with Crippen molar-refractivity contribution < 1.29 is 9.47 Å². The Hall–Kier alpha value is -1.71. The summed E-state index contributed by atoms with van der Waals surface area (Å²) in [5.41, 5.74) is 8.33. The lowest BCUT2D eigenvalue weighted by Gasteiger charge is -2.19.